The number of nitrogen functional groups attached to an aromatic ring is 1. The van der Waals surface area contributed by atoms with Crippen LogP contribution in [0.4, 0.5) is 5.69 Å². The normalized spacial score (nSPS) is 10.9. The summed E-state index contributed by atoms with van der Waals surface area (Å²) in [5, 5.41) is 8.36. The molecule has 4 heteroatoms. The molecule has 2 heterocycles. The molecule has 0 aliphatic carbocycles. The van der Waals surface area contributed by atoms with Gasteiger partial charge in [0.2, 0.25) is 0 Å². The third kappa shape index (κ3) is 1.45. The second kappa shape index (κ2) is 3.59. The van der Waals surface area contributed by atoms with Crippen LogP contribution in [0.25, 0.3) is 17.0 Å². The standard InChI is InChI=1S/C13H12N4/c1-9-10(5-4-6-11(9)14)13-16-15-12-7-2-3-8-17(12)13/h2-8H,14H2,1H3. The summed E-state index contributed by atoms with van der Waals surface area (Å²) < 4.78 is 1.96. The molecule has 3 rings (SSSR count). The van der Waals surface area contributed by atoms with E-state index in [2.05, 4.69) is 10.2 Å². The van der Waals surface area contributed by atoms with Gasteiger partial charge >= 0.3 is 0 Å². The first-order valence-electron chi connectivity index (χ1n) is 5.42. The van der Waals surface area contributed by atoms with Gasteiger partial charge in [-0.15, -0.1) is 10.2 Å². The van der Waals surface area contributed by atoms with E-state index < -0.39 is 0 Å². The van der Waals surface area contributed by atoms with Crippen LogP contribution in [0.5, 0.6) is 0 Å². The highest BCUT2D eigenvalue weighted by atomic mass is 15.2. The average molecular weight is 224 g/mol. The van der Waals surface area contributed by atoms with Gasteiger partial charge in [-0.2, -0.15) is 0 Å². The molecule has 0 radical (unpaired) electrons. The maximum Gasteiger partial charge on any atom is 0.168 e. The van der Waals surface area contributed by atoms with E-state index in [0.717, 1.165) is 28.3 Å². The number of aromatic nitrogens is 3. The zero-order chi connectivity index (χ0) is 11.8. The Hall–Kier alpha value is -2.36. The highest BCUT2D eigenvalue weighted by molar-refractivity contribution is 5.69. The molecule has 0 spiro atoms. The molecule has 1 aromatic carbocycles. The van der Waals surface area contributed by atoms with Gasteiger partial charge in [0, 0.05) is 17.4 Å². The van der Waals surface area contributed by atoms with Crippen LogP contribution in [0.15, 0.2) is 42.6 Å². The molecular weight excluding hydrogens is 212 g/mol. The molecule has 17 heavy (non-hydrogen) atoms. The van der Waals surface area contributed by atoms with Crippen molar-refractivity contribution in [3.63, 3.8) is 0 Å². The van der Waals surface area contributed by atoms with E-state index in [1.54, 1.807) is 0 Å². The average Bonchev–Trinajstić information content (AvgIpc) is 2.77. The molecule has 2 aromatic heterocycles. The molecule has 2 N–H and O–H groups in total. The van der Waals surface area contributed by atoms with Crippen molar-refractivity contribution in [2.45, 2.75) is 6.92 Å². The van der Waals surface area contributed by atoms with E-state index in [0.29, 0.717) is 0 Å². The molecule has 0 fully saturated rings. The summed E-state index contributed by atoms with van der Waals surface area (Å²) in [4.78, 5) is 0. The number of hydrogen-bond acceptors (Lipinski definition) is 3. The quantitative estimate of drug-likeness (QED) is 0.645. The van der Waals surface area contributed by atoms with E-state index in [1.807, 2.05) is 53.9 Å². The Labute approximate surface area is 98.7 Å². The molecule has 0 saturated heterocycles. The van der Waals surface area contributed by atoms with Crippen molar-refractivity contribution < 1.29 is 0 Å². The minimum atomic E-state index is 0.773. The molecule has 0 atom stereocenters. The van der Waals surface area contributed by atoms with Gasteiger partial charge in [-0.25, -0.2) is 0 Å². The molecule has 0 amide bonds. The summed E-state index contributed by atoms with van der Waals surface area (Å²) in [6.45, 7) is 1.99. The van der Waals surface area contributed by atoms with Gasteiger partial charge in [0.1, 0.15) is 0 Å². The third-order valence-electron chi connectivity index (χ3n) is 2.93. The SMILES string of the molecule is Cc1c(N)cccc1-c1nnc2ccccn12. The Morgan fingerprint density at radius 2 is 1.94 bits per heavy atom. The summed E-state index contributed by atoms with van der Waals surface area (Å²) in [5.74, 6) is 0.824. The maximum absolute atomic E-state index is 5.91. The van der Waals surface area contributed by atoms with Gasteiger partial charge in [0.05, 0.1) is 0 Å². The van der Waals surface area contributed by atoms with Crippen molar-refractivity contribution in [3.05, 3.63) is 48.2 Å². The molecular formula is C13H12N4. The predicted octanol–water partition coefficient (Wildman–Crippen LogP) is 2.29. The fourth-order valence-electron chi connectivity index (χ4n) is 1.92. The monoisotopic (exact) mass is 224 g/mol. The number of nitrogens with zero attached hydrogens (tertiary/aromatic N) is 3. The second-order valence-corrected chi connectivity index (χ2v) is 3.97. The first kappa shape index (κ1) is 9.84. The number of rotatable bonds is 1. The Kier molecular flexibility index (Phi) is 2.08. The summed E-state index contributed by atoms with van der Waals surface area (Å²) in [6.07, 6.45) is 1.95. The fourth-order valence-corrected chi connectivity index (χ4v) is 1.92. The topological polar surface area (TPSA) is 56.2 Å². The van der Waals surface area contributed by atoms with Crippen LogP contribution in [0, 0.1) is 6.92 Å². The van der Waals surface area contributed by atoms with Crippen molar-refractivity contribution in [2.75, 3.05) is 5.73 Å². The van der Waals surface area contributed by atoms with E-state index in [1.165, 1.54) is 0 Å². The largest absolute Gasteiger partial charge is 0.398 e. The highest BCUT2D eigenvalue weighted by Crippen LogP contribution is 2.25. The molecule has 0 aliphatic rings. The lowest BCUT2D eigenvalue weighted by atomic mass is 10.1. The number of fused-ring (bicyclic) bond motifs is 1. The van der Waals surface area contributed by atoms with E-state index >= 15 is 0 Å². The Morgan fingerprint density at radius 3 is 2.82 bits per heavy atom. The van der Waals surface area contributed by atoms with Crippen LogP contribution in [-0.2, 0) is 0 Å². The number of benzene rings is 1. The van der Waals surface area contributed by atoms with Gasteiger partial charge in [-0.3, -0.25) is 4.40 Å². The Balaban J connectivity index is 2.31. The van der Waals surface area contributed by atoms with Crippen molar-refractivity contribution in [2.24, 2.45) is 0 Å². The van der Waals surface area contributed by atoms with Gasteiger partial charge in [0.25, 0.3) is 0 Å². The van der Waals surface area contributed by atoms with Crippen LogP contribution in [0.2, 0.25) is 0 Å². The van der Waals surface area contributed by atoms with E-state index in [9.17, 15) is 0 Å². The van der Waals surface area contributed by atoms with Gasteiger partial charge in [0.15, 0.2) is 11.5 Å². The van der Waals surface area contributed by atoms with Crippen molar-refractivity contribution in [3.8, 4) is 11.4 Å². The van der Waals surface area contributed by atoms with E-state index in [-0.39, 0.29) is 0 Å². The minimum Gasteiger partial charge on any atom is -0.398 e. The lowest BCUT2D eigenvalue weighted by Crippen LogP contribution is -1.95. The molecule has 0 saturated carbocycles. The summed E-state index contributed by atoms with van der Waals surface area (Å²) in [7, 11) is 0. The molecule has 84 valence electrons. The Morgan fingerprint density at radius 1 is 1.06 bits per heavy atom. The van der Waals surface area contributed by atoms with Crippen molar-refractivity contribution in [1.82, 2.24) is 14.6 Å². The molecule has 3 aromatic rings. The van der Waals surface area contributed by atoms with Crippen LogP contribution in [0.3, 0.4) is 0 Å². The number of nitrogens with two attached hydrogens (primary N) is 1. The minimum absolute atomic E-state index is 0.773. The second-order valence-electron chi connectivity index (χ2n) is 3.97. The van der Waals surface area contributed by atoms with Gasteiger partial charge < -0.3 is 5.73 Å². The first-order chi connectivity index (χ1) is 8.27. The molecule has 4 nitrogen and oxygen atoms in total. The zero-order valence-corrected chi connectivity index (χ0v) is 9.46. The lowest BCUT2D eigenvalue weighted by molar-refractivity contribution is 1.11. The predicted molar refractivity (Wildman–Crippen MR) is 67.6 cm³/mol. The zero-order valence-electron chi connectivity index (χ0n) is 9.46. The summed E-state index contributed by atoms with van der Waals surface area (Å²) >= 11 is 0. The Bertz CT molecular complexity index is 685. The van der Waals surface area contributed by atoms with Crippen molar-refractivity contribution in [1.29, 1.82) is 0 Å². The third-order valence-corrected chi connectivity index (χ3v) is 2.93. The molecule has 0 unspecified atom stereocenters. The lowest BCUT2D eigenvalue weighted by Gasteiger charge is -2.06. The number of hydrogen-bond donors (Lipinski definition) is 1. The van der Waals surface area contributed by atoms with Crippen LogP contribution in [0.1, 0.15) is 5.56 Å². The summed E-state index contributed by atoms with van der Waals surface area (Å²) in [6, 6.07) is 11.7. The maximum atomic E-state index is 5.91. The van der Waals surface area contributed by atoms with Gasteiger partial charge in [-0.1, -0.05) is 18.2 Å². The summed E-state index contributed by atoms with van der Waals surface area (Å²) in [5.41, 5.74) is 9.57. The smallest absolute Gasteiger partial charge is 0.168 e. The molecule has 0 aliphatic heterocycles. The van der Waals surface area contributed by atoms with Crippen LogP contribution >= 0.6 is 0 Å². The van der Waals surface area contributed by atoms with Crippen LogP contribution < -0.4 is 5.73 Å². The number of anilines is 1. The fraction of sp³-hybridized carbons (Fsp3) is 0.0769. The number of pyridine rings is 1. The van der Waals surface area contributed by atoms with Crippen LogP contribution in [-0.4, -0.2) is 14.6 Å². The first-order valence-corrected chi connectivity index (χ1v) is 5.42. The van der Waals surface area contributed by atoms with Gasteiger partial charge in [-0.05, 0) is 30.7 Å². The van der Waals surface area contributed by atoms with Crippen molar-refractivity contribution >= 4 is 11.3 Å². The molecule has 0 bridgehead atoms. The van der Waals surface area contributed by atoms with E-state index in [4.69, 9.17) is 5.73 Å². The highest BCUT2D eigenvalue weighted by Gasteiger charge is 2.10.